The summed E-state index contributed by atoms with van der Waals surface area (Å²) in [6, 6.07) is 7.90. The molecule has 2 aromatic rings. The number of methoxy groups -OCH3 is 1. The fraction of sp³-hybridized carbons (Fsp3) is 0.316. The molecule has 0 atom stereocenters. The van der Waals surface area contributed by atoms with E-state index in [1.54, 1.807) is 31.2 Å². The van der Waals surface area contributed by atoms with E-state index in [2.05, 4.69) is 10.1 Å². The van der Waals surface area contributed by atoms with Crippen LogP contribution in [-0.2, 0) is 18.0 Å². The third-order valence-corrected chi connectivity index (χ3v) is 4.10. The maximum Gasteiger partial charge on any atom is 0.411 e. The van der Waals surface area contributed by atoms with Crippen LogP contribution in [0.3, 0.4) is 0 Å². The molecule has 2 rings (SSSR count). The molecule has 2 N–H and O–H groups in total. The molecule has 0 saturated heterocycles. The van der Waals surface area contributed by atoms with Crippen molar-refractivity contribution in [3.8, 4) is 5.75 Å². The van der Waals surface area contributed by atoms with Gasteiger partial charge in [0.2, 0.25) is 0 Å². The molecule has 0 bridgehead atoms. The molecule has 0 aliphatic carbocycles. The number of ether oxygens (including phenoxy) is 2. The van der Waals surface area contributed by atoms with E-state index in [1.807, 2.05) is 6.92 Å². The molecular formula is C19H21F2NO4. The highest BCUT2D eigenvalue weighted by Gasteiger charge is 2.18. The van der Waals surface area contributed by atoms with E-state index >= 15 is 0 Å². The average molecular weight is 365 g/mol. The van der Waals surface area contributed by atoms with Crippen molar-refractivity contribution in [3.63, 3.8) is 0 Å². The van der Waals surface area contributed by atoms with E-state index < -0.39 is 12.5 Å². The molecule has 5 nitrogen and oxygen atoms in total. The summed E-state index contributed by atoms with van der Waals surface area (Å²) in [4.78, 5) is 11.5. The smallest absolute Gasteiger partial charge is 0.411 e. The maximum absolute atomic E-state index is 13.3. The summed E-state index contributed by atoms with van der Waals surface area (Å²) in [6.07, 6.45) is -3.36. The van der Waals surface area contributed by atoms with E-state index in [4.69, 9.17) is 4.74 Å². The highest BCUT2D eigenvalue weighted by Crippen LogP contribution is 2.33. The molecule has 1 amide bonds. The average Bonchev–Trinajstić information content (AvgIpc) is 2.62. The number of hydrogen-bond donors (Lipinski definition) is 2. The number of nitrogens with one attached hydrogen (secondary N) is 1. The standard InChI is InChI=1S/C19H21F2NO4/c1-11-7-14(18(20)21)17(8-12(11)2)26-10-15-13(9-23)5-4-6-16(15)22-19(24)25-3/h4-8,18,23H,9-10H2,1-3H3,(H,22,24). The van der Waals surface area contributed by atoms with Crippen LogP contribution in [0, 0.1) is 13.8 Å². The van der Waals surface area contributed by atoms with Crippen molar-refractivity contribution in [1.29, 1.82) is 0 Å². The van der Waals surface area contributed by atoms with E-state index in [1.165, 1.54) is 13.2 Å². The maximum atomic E-state index is 13.3. The number of aliphatic hydroxyl groups excluding tert-OH is 1. The van der Waals surface area contributed by atoms with Gasteiger partial charge in [-0.1, -0.05) is 12.1 Å². The van der Waals surface area contributed by atoms with Gasteiger partial charge in [0.25, 0.3) is 6.43 Å². The second-order valence-corrected chi connectivity index (χ2v) is 5.78. The molecule has 0 aliphatic heterocycles. The predicted octanol–water partition coefficient (Wildman–Crippen LogP) is 4.49. The molecular weight excluding hydrogens is 344 g/mol. The number of alkyl halides is 2. The molecule has 0 aromatic heterocycles. The van der Waals surface area contributed by atoms with Crippen molar-refractivity contribution in [2.24, 2.45) is 0 Å². The van der Waals surface area contributed by atoms with E-state index in [0.29, 0.717) is 16.8 Å². The van der Waals surface area contributed by atoms with Gasteiger partial charge in [-0.2, -0.15) is 0 Å². The molecule has 0 saturated carbocycles. The second kappa shape index (κ2) is 8.62. The molecule has 2 aromatic carbocycles. The summed E-state index contributed by atoms with van der Waals surface area (Å²) in [5.74, 6) is 0.0693. The van der Waals surface area contributed by atoms with Crippen molar-refractivity contribution < 1.29 is 28.2 Å². The zero-order chi connectivity index (χ0) is 19.3. The third kappa shape index (κ3) is 4.49. The van der Waals surface area contributed by atoms with Gasteiger partial charge >= 0.3 is 6.09 Å². The highest BCUT2D eigenvalue weighted by molar-refractivity contribution is 5.85. The van der Waals surface area contributed by atoms with Gasteiger partial charge in [0.1, 0.15) is 12.4 Å². The second-order valence-electron chi connectivity index (χ2n) is 5.78. The minimum Gasteiger partial charge on any atom is -0.488 e. The number of rotatable bonds is 6. The molecule has 0 heterocycles. The first-order chi connectivity index (χ1) is 12.4. The SMILES string of the molecule is COC(=O)Nc1cccc(CO)c1COc1cc(C)c(C)cc1C(F)F. The van der Waals surface area contributed by atoms with Crippen LogP contribution < -0.4 is 10.1 Å². The minimum atomic E-state index is -2.68. The zero-order valence-electron chi connectivity index (χ0n) is 14.8. The van der Waals surface area contributed by atoms with Gasteiger partial charge in [-0.25, -0.2) is 13.6 Å². The lowest BCUT2D eigenvalue weighted by Gasteiger charge is -2.17. The molecule has 0 spiro atoms. The summed E-state index contributed by atoms with van der Waals surface area (Å²) in [6.45, 7) is 3.18. The normalized spacial score (nSPS) is 10.7. The first kappa shape index (κ1) is 19.7. The zero-order valence-corrected chi connectivity index (χ0v) is 14.8. The fourth-order valence-electron chi connectivity index (χ4n) is 2.49. The van der Waals surface area contributed by atoms with Crippen molar-refractivity contribution in [2.75, 3.05) is 12.4 Å². The number of anilines is 1. The Balaban J connectivity index is 2.35. The summed E-state index contributed by atoms with van der Waals surface area (Å²) in [7, 11) is 1.23. The Morgan fingerprint density at radius 3 is 2.54 bits per heavy atom. The van der Waals surface area contributed by atoms with Crippen LogP contribution in [-0.4, -0.2) is 18.3 Å². The van der Waals surface area contributed by atoms with Gasteiger partial charge in [0.05, 0.1) is 25.0 Å². The van der Waals surface area contributed by atoms with E-state index in [9.17, 15) is 18.7 Å². The summed E-state index contributed by atoms with van der Waals surface area (Å²) in [5, 5.41) is 12.1. The Hall–Kier alpha value is -2.67. The van der Waals surface area contributed by atoms with Crippen LogP contribution >= 0.6 is 0 Å². The molecule has 0 aliphatic rings. The lowest BCUT2D eigenvalue weighted by Crippen LogP contribution is -2.14. The van der Waals surface area contributed by atoms with Crippen LogP contribution in [0.4, 0.5) is 19.3 Å². The Morgan fingerprint density at radius 1 is 1.23 bits per heavy atom. The van der Waals surface area contributed by atoms with E-state index in [0.717, 1.165) is 11.1 Å². The largest absolute Gasteiger partial charge is 0.488 e. The van der Waals surface area contributed by atoms with Gasteiger partial charge < -0.3 is 14.6 Å². The number of amides is 1. The quantitative estimate of drug-likeness (QED) is 0.791. The molecule has 0 unspecified atom stereocenters. The number of hydrogen-bond acceptors (Lipinski definition) is 4. The monoisotopic (exact) mass is 365 g/mol. The molecule has 7 heteroatoms. The van der Waals surface area contributed by atoms with Gasteiger partial charge in [0.15, 0.2) is 0 Å². The number of carbonyl (C=O) groups is 1. The first-order valence-corrected chi connectivity index (χ1v) is 7.96. The Bertz CT molecular complexity index is 793. The van der Waals surface area contributed by atoms with Gasteiger partial charge in [-0.3, -0.25) is 5.32 Å². The van der Waals surface area contributed by atoms with E-state index in [-0.39, 0.29) is 24.5 Å². The Kier molecular flexibility index (Phi) is 6.52. The lowest BCUT2D eigenvalue weighted by molar-refractivity contribution is 0.144. The van der Waals surface area contributed by atoms with Crippen LogP contribution in [0.15, 0.2) is 30.3 Å². The lowest BCUT2D eigenvalue weighted by atomic mass is 10.0. The summed E-state index contributed by atoms with van der Waals surface area (Å²) < 4.78 is 36.8. The molecule has 140 valence electrons. The van der Waals surface area contributed by atoms with Crippen LogP contribution in [0.5, 0.6) is 5.75 Å². The number of carbonyl (C=O) groups excluding carboxylic acids is 1. The topological polar surface area (TPSA) is 67.8 Å². The van der Waals surface area contributed by atoms with Crippen molar-refractivity contribution in [3.05, 3.63) is 58.1 Å². The van der Waals surface area contributed by atoms with Gasteiger partial charge in [0, 0.05) is 5.56 Å². The number of halogens is 2. The minimum absolute atomic E-state index is 0.0693. The van der Waals surface area contributed by atoms with Crippen LogP contribution in [0.1, 0.15) is 34.2 Å². The summed E-state index contributed by atoms with van der Waals surface area (Å²) >= 11 is 0. The Morgan fingerprint density at radius 2 is 1.92 bits per heavy atom. The van der Waals surface area contributed by atoms with Crippen molar-refractivity contribution in [1.82, 2.24) is 0 Å². The highest BCUT2D eigenvalue weighted by atomic mass is 19.3. The molecule has 0 radical (unpaired) electrons. The summed E-state index contributed by atoms with van der Waals surface area (Å²) in [5.41, 5.74) is 2.76. The van der Waals surface area contributed by atoms with Crippen LogP contribution in [0.25, 0.3) is 0 Å². The molecule has 26 heavy (non-hydrogen) atoms. The predicted molar refractivity (Wildman–Crippen MR) is 93.6 cm³/mol. The number of aliphatic hydroxyl groups is 1. The third-order valence-electron chi connectivity index (χ3n) is 4.10. The first-order valence-electron chi connectivity index (χ1n) is 7.96. The van der Waals surface area contributed by atoms with Gasteiger partial charge in [-0.05, 0) is 48.7 Å². The number of benzene rings is 2. The molecule has 0 fully saturated rings. The Labute approximate surface area is 150 Å². The number of aryl methyl sites for hydroxylation is 2. The van der Waals surface area contributed by atoms with Crippen molar-refractivity contribution >= 4 is 11.8 Å². The van der Waals surface area contributed by atoms with Gasteiger partial charge in [-0.15, -0.1) is 0 Å². The van der Waals surface area contributed by atoms with Crippen molar-refractivity contribution in [2.45, 2.75) is 33.5 Å². The fourth-order valence-corrected chi connectivity index (χ4v) is 2.49. The van der Waals surface area contributed by atoms with Crippen LogP contribution in [0.2, 0.25) is 0 Å².